The number of likely N-dealkylation sites (tertiary alicyclic amines) is 1. The van der Waals surface area contributed by atoms with E-state index in [1.54, 1.807) is 13.1 Å². The van der Waals surface area contributed by atoms with Gasteiger partial charge in [-0.3, -0.25) is 9.79 Å². The smallest absolute Gasteiger partial charge is 0.222 e. The largest absolute Gasteiger partial charge is 0.352 e. The first-order valence-corrected chi connectivity index (χ1v) is 10.4. The van der Waals surface area contributed by atoms with Crippen LogP contribution in [0.1, 0.15) is 29.5 Å². The lowest BCUT2D eigenvalue weighted by molar-refractivity contribution is -0.128. The summed E-state index contributed by atoms with van der Waals surface area (Å²) in [5.41, 5.74) is 3.38. The molecule has 162 valence electrons. The molecule has 0 saturated carbocycles. The summed E-state index contributed by atoms with van der Waals surface area (Å²) in [6.45, 7) is 2.79. The number of carbonyl (C=O) groups excluding carboxylic acids is 1. The SMILES string of the molecule is CN=C(NCc1ccccc1CN1CCCC1=O)N(C)Cc1ccc(Cl)c(Cl)c1.I. The Morgan fingerprint density at radius 1 is 1.17 bits per heavy atom. The Balaban J connectivity index is 0.00000320. The van der Waals surface area contributed by atoms with Gasteiger partial charge in [-0.15, -0.1) is 24.0 Å². The first-order valence-electron chi connectivity index (χ1n) is 9.68. The van der Waals surface area contributed by atoms with Crippen LogP contribution in [0.25, 0.3) is 0 Å². The van der Waals surface area contributed by atoms with Crippen LogP contribution in [0.5, 0.6) is 0 Å². The Hall–Kier alpha value is -1.51. The van der Waals surface area contributed by atoms with Crippen LogP contribution in [0, 0.1) is 0 Å². The van der Waals surface area contributed by atoms with Gasteiger partial charge in [0.2, 0.25) is 5.91 Å². The minimum Gasteiger partial charge on any atom is -0.352 e. The van der Waals surface area contributed by atoms with E-state index in [0.717, 1.165) is 35.6 Å². The summed E-state index contributed by atoms with van der Waals surface area (Å²) in [6, 6.07) is 13.9. The Kier molecular flexibility index (Phi) is 9.71. The molecule has 1 N–H and O–H groups in total. The molecule has 1 heterocycles. The topological polar surface area (TPSA) is 47.9 Å². The highest BCUT2D eigenvalue weighted by Crippen LogP contribution is 2.23. The van der Waals surface area contributed by atoms with Crippen LogP contribution in [0.2, 0.25) is 10.0 Å². The molecule has 1 amide bonds. The molecule has 3 rings (SSSR count). The van der Waals surface area contributed by atoms with Gasteiger partial charge in [-0.05, 0) is 35.2 Å². The number of hydrogen-bond acceptors (Lipinski definition) is 2. The number of halogens is 3. The van der Waals surface area contributed by atoms with Gasteiger partial charge in [-0.25, -0.2) is 0 Å². The predicted octanol–water partition coefficient (Wildman–Crippen LogP) is 4.94. The van der Waals surface area contributed by atoms with Gasteiger partial charge in [-0.1, -0.05) is 53.5 Å². The van der Waals surface area contributed by atoms with Crippen molar-refractivity contribution in [3.05, 3.63) is 69.2 Å². The lowest BCUT2D eigenvalue weighted by Crippen LogP contribution is -2.38. The molecule has 1 aliphatic heterocycles. The quantitative estimate of drug-likeness (QED) is 0.309. The highest BCUT2D eigenvalue weighted by molar-refractivity contribution is 14.0. The molecule has 30 heavy (non-hydrogen) atoms. The van der Waals surface area contributed by atoms with Crippen molar-refractivity contribution >= 4 is 59.0 Å². The molecule has 1 fully saturated rings. The molecule has 1 saturated heterocycles. The number of guanidine groups is 1. The van der Waals surface area contributed by atoms with Crippen molar-refractivity contribution in [2.75, 3.05) is 20.6 Å². The molecule has 0 atom stereocenters. The third kappa shape index (κ3) is 6.49. The predicted molar refractivity (Wildman–Crippen MR) is 135 cm³/mol. The fourth-order valence-corrected chi connectivity index (χ4v) is 3.83. The third-order valence-corrected chi connectivity index (χ3v) is 5.80. The number of carbonyl (C=O) groups is 1. The Morgan fingerprint density at radius 2 is 1.90 bits per heavy atom. The normalized spacial score (nSPS) is 13.9. The van der Waals surface area contributed by atoms with Gasteiger partial charge >= 0.3 is 0 Å². The maximum absolute atomic E-state index is 12.0. The van der Waals surface area contributed by atoms with E-state index in [1.807, 2.05) is 41.1 Å². The number of nitrogens with one attached hydrogen (secondary N) is 1. The molecule has 0 aromatic heterocycles. The van der Waals surface area contributed by atoms with Gasteiger partial charge in [0.25, 0.3) is 0 Å². The fraction of sp³-hybridized carbons (Fsp3) is 0.364. The van der Waals surface area contributed by atoms with Crippen LogP contribution in [0.3, 0.4) is 0 Å². The summed E-state index contributed by atoms with van der Waals surface area (Å²) in [7, 11) is 3.75. The monoisotopic (exact) mass is 560 g/mol. The zero-order valence-corrected chi connectivity index (χ0v) is 21.0. The third-order valence-electron chi connectivity index (χ3n) is 5.07. The van der Waals surface area contributed by atoms with Gasteiger partial charge in [0, 0.05) is 46.7 Å². The molecule has 5 nitrogen and oxygen atoms in total. The Morgan fingerprint density at radius 3 is 2.53 bits per heavy atom. The lowest BCUT2D eigenvalue weighted by Gasteiger charge is -2.23. The van der Waals surface area contributed by atoms with Crippen LogP contribution >= 0.6 is 47.2 Å². The maximum atomic E-state index is 12.0. The summed E-state index contributed by atoms with van der Waals surface area (Å²) in [4.78, 5) is 20.3. The molecule has 2 aromatic rings. The molecule has 0 spiro atoms. The first-order chi connectivity index (χ1) is 14.0. The molecule has 0 radical (unpaired) electrons. The van der Waals surface area contributed by atoms with Crippen LogP contribution in [0.4, 0.5) is 0 Å². The van der Waals surface area contributed by atoms with E-state index in [0.29, 0.717) is 36.1 Å². The number of rotatable bonds is 6. The molecule has 8 heteroatoms. The minimum absolute atomic E-state index is 0. The van der Waals surface area contributed by atoms with Crippen LogP contribution < -0.4 is 5.32 Å². The Bertz CT molecular complexity index is 906. The van der Waals surface area contributed by atoms with Gasteiger partial charge < -0.3 is 15.1 Å². The molecule has 0 bridgehead atoms. The van der Waals surface area contributed by atoms with Crippen LogP contribution in [0.15, 0.2) is 47.5 Å². The average molecular weight is 561 g/mol. The van der Waals surface area contributed by atoms with E-state index in [9.17, 15) is 4.79 Å². The van der Waals surface area contributed by atoms with E-state index in [1.165, 1.54) is 0 Å². The average Bonchev–Trinajstić information content (AvgIpc) is 3.11. The van der Waals surface area contributed by atoms with E-state index in [4.69, 9.17) is 23.2 Å². The van der Waals surface area contributed by atoms with Gasteiger partial charge in [0.15, 0.2) is 5.96 Å². The second-order valence-corrected chi connectivity index (χ2v) is 8.01. The van der Waals surface area contributed by atoms with Crippen molar-refractivity contribution in [3.63, 3.8) is 0 Å². The zero-order chi connectivity index (χ0) is 20.8. The number of benzene rings is 2. The van der Waals surface area contributed by atoms with Crippen LogP contribution in [-0.4, -0.2) is 42.3 Å². The molecular formula is C22H27Cl2IN4O. The summed E-state index contributed by atoms with van der Waals surface area (Å²) >= 11 is 12.1. The number of aliphatic imine (C=N–C) groups is 1. The van der Waals surface area contributed by atoms with E-state index < -0.39 is 0 Å². The molecular weight excluding hydrogens is 534 g/mol. The Labute approximate surface area is 205 Å². The first kappa shape index (κ1) is 24.8. The second kappa shape index (κ2) is 11.8. The second-order valence-electron chi connectivity index (χ2n) is 7.19. The van der Waals surface area contributed by atoms with Crippen molar-refractivity contribution in [1.82, 2.24) is 15.1 Å². The summed E-state index contributed by atoms with van der Waals surface area (Å²) < 4.78 is 0. The van der Waals surface area contributed by atoms with Crippen molar-refractivity contribution < 1.29 is 4.79 Å². The highest BCUT2D eigenvalue weighted by Gasteiger charge is 2.21. The van der Waals surface area contributed by atoms with Gasteiger partial charge in [0.1, 0.15) is 0 Å². The zero-order valence-electron chi connectivity index (χ0n) is 17.2. The number of nitrogens with zero attached hydrogens (tertiary/aromatic N) is 3. The molecule has 0 aliphatic carbocycles. The fourth-order valence-electron chi connectivity index (χ4n) is 3.51. The van der Waals surface area contributed by atoms with E-state index in [2.05, 4.69) is 22.4 Å². The summed E-state index contributed by atoms with van der Waals surface area (Å²) in [5, 5.41) is 4.52. The highest BCUT2D eigenvalue weighted by atomic mass is 127. The van der Waals surface area contributed by atoms with Crippen molar-refractivity contribution in [3.8, 4) is 0 Å². The maximum Gasteiger partial charge on any atom is 0.222 e. The van der Waals surface area contributed by atoms with Crippen molar-refractivity contribution in [2.45, 2.75) is 32.5 Å². The molecule has 0 unspecified atom stereocenters. The van der Waals surface area contributed by atoms with E-state index in [-0.39, 0.29) is 29.9 Å². The standard InChI is InChI=1S/C22H26Cl2N4O.HI/c1-25-22(27(2)14-16-9-10-19(23)20(24)12-16)26-13-17-6-3-4-7-18(17)15-28-11-5-8-21(28)29;/h3-4,6-7,9-10,12H,5,8,11,13-15H2,1-2H3,(H,25,26);1H. The lowest BCUT2D eigenvalue weighted by atomic mass is 10.1. The number of amides is 1. The van der Waals surface area contributed by atoms with Gasteiger partial charge in [-0.2, -0.15) is 0 Å². The van der Waals surface area contributed by atoms with E-state index >= 15 is 0 Å². The molecule has 2 aromatic carbocycles. The van der Waals surface area contributed by atoms with Crippen molar-refractivity contribution in [1.29, 1.82) is 0 Å². The molecule has 1 aliphatic rings. The van der Waals surface area contributed by atoms with Crippen LogP contribution in [-0.2, 0) is 24.4 Å². The summed E-state index contributed by atoms with van der Waals surface area (Å²) in [5.74, 6) is 1.02. The minimum atomic E-state index is 0. The van der Waals surface area contributed by atoms with Gasteiger partial charge in [0.05, 0.1) is 10.0 Å². The summed E-state index contributed by atoms with van der Waals surface area (Å²) in [6.07, 6.45) is 1.61. The number of hydrogen-bond donors (Lipinski definition) is 1. The van der Waals surface area contributed by atoms with Crippen molar-refractivity contribution in [2.24, 2.45) is 4.99 Å².